The molecule has 0 aromatic heterocycles. The Labute approximate surface area is 340 Å². The van der Waals surface area contributed by atoms with E-state index < -0.39 is 50.7 Å². The number of nitrogens with one attached hydrogen (secondary N) is 2. The van der Waals surface area contributed by atoms with Crippen LogP contribution in [0, 0.1) is 29.1 Å². The summed E-state index contributed by atoms with van der Waals surface area (Å²) in [6, 6.07) is 9.61. The van der Waals surface area contributed by atoms with Crippen molar-refractivity contribution in [3.63, 3.8) is 0 Å². The Morgan fingerprint density at radius 3 is 2.33 bits per heavy atom. The van der Waals surface area contributed by atoms with Crippen LogP contribution in [0.2, 0.25) is 0 Å². The van der Waals surface area contributed by atoms with Crippen LogP contribution in [-0.4, -0.2) is 130 Å². The van der Waals surface area contributed by atoms with Crippen LogP contribution in [-0.2, 0) is 26.0 Å². The zero-order valence-corrected chi connectivity index (χ0v) is 36.8. The van der Waals surface area contributed by atoms with Gasteiger partial charge in [-0.3, -0.25) is 14.4 Å². The van der Waals surface area contributed by atoms with Crippen molar-refractivity contribution in [2.45, 2.75) is 103 Å². The van der Waals surface area contributed by atoms with Crippen LogP contribution in [0.3, 0.4) is 0 Å². The third kappa shape index (κ3) is 9.31. The van der Waals surface area contributed by atoms with E-state index in [-0.39, 0.29) is 36.3 Å². The lowest BCUT2D eigenvalue weighted by molar-refractivity contribution is -0.183. The Morgan fingerprint density at radius 1 is 1.11 bits per heavy atom. The van der Waals surface area contributed by atoms with Crippen LogP contribution in [0.4, 0.5) is 5.69 Å². The normalized spacial score (nSPS) is 27.0. The molecule has 318 valence electrons. The Hall–Kier alpha value is -3.27. The maximum absolute atomic E-state index is 14.3. The molecule has 4 fully saturated rings. The van der Waals surface area contributed by atoms with Crippen LogP contribution in [0.15, 0.2) is 36.4 Å². The summed E-state index contributed by atoms with van der Waals surface area (Å²) in [4.78, 5) is 38.3. The molecule has 4 aliphatic rings. The number of methoxy groups -OCH3 is 1. The van der Waals surface area contributed by atoms with E-state index in [9.17, 15) is 28.2 Å². The first-order valence-corrected chi connectivity index (χ1v) is 21.8. The zero-order valence-electron chi connectivity index (χ0n) is 36.0. The molecule has 2 aromatic carbocycles. The summed E-state index contributed by atoms with van der Waals surface area (Å²) >= 11 is 0. The fraction of sp³-hybridized carbons (Fsp3) is 0.674. The van der Waals surface area contributed by atoms with Gasteiger partial charge in [0, 0.05) is 55.0 Å². The molecule has 0 spiro atoms. The summed E-state index contributed by atoms with van der Waals surface area (Å²) in [6.45, 7) is 13.5. The smallest absolute Gasteiger partial charge is 0.251 e. The molecule has 0 unspecified atom stereocenters. The van der Waals surface area contributed by atoms with Crippen molar-refractivity contribution in [1.29, 1.82) is 0 Å². The van der Waals surface area contributed by atoms with Gasteiger partial charge < -0.3 is 35.4 Å². The fourth-order valence-corrected chi connectivity index (χ4v) is 10.6. The number of aliphatic hydroxyl groups is 2. The SMILES string of the molecule is COc1c(CN2O[C@@H](CO)[C@@H]([C@H](C)O)[C@H]2C(=O)N[C@H]2C[C@H]3C[C@H]([C@@H]2C)C3(C)C)cccc1-c1cc(C(=O)N[C@H](CN(C)C)CS(=O)(=O)C(C)(C)C)cc(N(C)C)c1. The van der Waals surface area contributed by atoms with E-state index in [0.717, 1.165) is 12.1 Å². The molecule has 3 aliphatic carbocycles. The highest BCUT2D eigenvalue weighted by atomic mass is 32.2. The summed E-state index contributed by atoms with van der Waals surface area (Å²) in [7, 11) is 5.46. The van der Waals surface area contributed by atoms with Gasteiger partial charge in [0.05, 0.1) is 42.9 Å². The zero-order chi connectivity index (χ0) is 42.4. The molecular weight excluding hydrogens is 747 g/mol. The van der Waals surface area contributed by atoms with Crippen LogP contribution >= 0.6 is 0 Å². The lowest BCUT2D eigenvalue weighted by Gasteiger charge is -2.62. The van der Waals surface area contributed by atoms with Crippen molar-refractivity contribution in [3.05, 3.63) is 47.5 Å². The van der Waals surface area contributed by atoms with Gasteiger partial charge in [-0.2, -0.15) is 5.06 Å². The Morgan fingerprint density at radius 2 is 1.79 bits per heavy atom. The first-order chi connectivity index (χ1) is 26.5. The quantitative estimate of drug-likeness (QED) is 0.206. The van der Waals surface area contributed by atoms with Gasteiger partial charge in [-0.15, -0.1) is 0 Å². The highest BCUT2D eigenvalue weighted by Gasteiger charge is 2.57. The lowest BCUT2D eigenvalue weighted by Crippen LogP contribution is -2.62. The number of hydrogen-bond donors (Lipinski definition) is 4. The number of sulfone groups is 1. The number of rotatable bonds is 15. The molecule has 1 aliphatic heterocycles. The van der Waals surface area contributed by atoms with E-state index in [1.54, 1.807) is 52.0 Å². The molecule has 6 rings (SSSR count). The van der Waals surface area contributed by atoms with E-state index in [1.165, 1.54) is 6.42 Å². The van der Waals surface area contributed by atoms with Gasteiger partial charge in [-0.05, 0) is 102 Å². The minimum atomic E-state index is -3.54. The molecule has 1 heterocycles. The summed E-state index contributed by atoms with van der Waals surface area (Å²) < 4.78 is 31.5. The number of benzene rings is 2. The van der Waals surface area contributed by atoms with E-state index in [1.807, 2.05) is 62.3 Å². The molecule has 2 aromatic rings. The standard InChI is InChI=1S/C43H67N5O8S/c1-25-34-19-30(43(34,6)7)20-35(25)45-41(52)38-37(26(2)50)36(23-49)56-48(38)21-27-14-13-15-33(39(27)55-12)28-16-29(18-32(17-28)47(10)11)40(51)44-31(22-46(8)9)24-57(53,54)42(3,4)5/h13-18,25-26,30-31,34-38,49-50H,19-24H2,1-12H3,(H,44,51)(H,45,52)/t25-,26-,30+,31+,34+,35-,36-,37+,38-/m0/s1. The summed E-state index contributed by atoms with van der Waals surface area (Å²) in [6.07, 6.45) is 0.358. The number of hydroxylamine groups is 2. The second-order valence-corrected chi connectivity index (χ2v) is 21.5. The molecular formula is C43H67N5O8S. The molecule has 2 amide bonds. The predicted molar refractivity (Wildman–Crippen MR) is 224 cm³/mol. The highest BCUT2D eigenvalue weighted by Crippen LogP contribution is 2.61. The van der Waals surface area contributed by atoms with Gasteiger partial charge in [0.25, 0.3) is 5.91 Å². The Balaban J connectivity index is 1.46. The third-order valence-corrected chi connectivity index (χ3v) is 15.7. The van der Waals surface area contributed by atoms with Gasteiger partial charge in [0.15, 0.2) is 9.84 Å². The monoisotopic (exact) mass is 813 g/mol. The summed E-state index contributed by atoms with van der Waals surface area (Å²) in [5, 5.41) is 29.2. The number of aliphatic hydroxyl groups excluding tert-OH is 2. The van der Waals surface area contributed by atoms with E-state index in [4.69, 9.17) is 9.57 Å². The van der Waals surface area contributed by atoms with E-state index in [0.29, 0.717) is 52.3 Å². The maximum Gasteiger partial charge on any atom is 0.251 e. The van der Waals surface area contributed by atoms with Crippen molar-refractivity contribution in [3.8, 4) is 16.9 Å². The number of carbonyl (C=O) groups is 2. The van der Waals surface area contributed by atoms with Crippen LogP contribution < -0.4 is 20.3 Å². The first kappa shape index (κ1) is 44.8. The highest BCUT2D eigenvalue weighted by molar-refractivity contribution is 7.92. The molecule has 4 N–H and O–H groups in total. The number of amides is 2. The summed E-state index contributed by atoms with van der Waals surface area (Å²) in [5.41, 5.74) is 3.44. The molecule has 0 radical (unpaired) electrons. The van der Waals surface area contributed by atoms with Crippen LogP contribution in [0.1, 0.15) is 77.2 Å². The van der Waals surface area contributed by atoms with Crippen molar-refractivity contribution in [1.82, 2.24) is 20.6 Å². The molecule has 13 nitrogen and oxygen atoms in total. The number of para-hydroxylation sites is 1. The number of carbonyl (C=O) groups excluding carboxylic acids is 2. The van der Waals surface area contributed by atoms with Crippen molar-refractivity contribution in [2.24, 2.45) is 29.1 Å². The van der Waals surface area contributed by atoms with Crippen LogP contribution in [0.5, 0.6) is 5.75 Å². The number of hydrogen-bond acceptors (Lipinski definition) is 11. The number of anilines is 1. The average Bonchev–Trinajstić information content (AvgIpc) is 3.49. The number of nitrogens with zero attached hydrogens (tertiary/aromatic N) is 3. The molecule has 14 heteroatoms. The van der Waals surface area contributed by atoms with E-state index in [2.05, 4.69) is 31.4 Å². The maximum atomic E-state index is 14.3. The molecule has 3 saturated carbocycles. The predicted octanol–water partition coefficient (Wildman–Crippen LogP) is 3.96. The van der Waals surface area contributed by atoms with Gasteiger partial charge in [0.2, 0.25) is 5.91 Å². The largest absolute Gasteiger partial charge is 0.496 e. The number of ether oxygens (including phenoxy) is 1. The minimum Gasteiger partial charge on any atom is -0.496 e. The van der Waals surface area contributed by atoms with Gasteiger partial charge in [-0.1, -0.05) is 39.0 Å². The second-order valence-electron chi connectivity index (χ2n) is 18.7. The van der Waals surface area contributed by atoms with Crippen molar-refractivity contribution in [2.75, 3.05) is 59.1 Å². The molecule has 9 atom stereocenters. The third-order valence-electron chi connectivity index (χ3n) is 13.0. The summed E-state index contributed by atoms with van der Waals surface area (Å²) in [5.74, 6) is 0.365. The molecule has 2 bridgehead atoms. The fourth-order valence-electron chi connectivity index (χ4n) is 9.35. The number of fused-ring (bicyclic) bond motifs is 2. The second kappa shape index (κ2) is 17.1. The molecule has 1 saturated heterocycles. The van der Waals surface area contributed by atoms with Crippen molar-refractivity contribution >= 4 is 27.3 Å². The van der Waals surface area contributed by atoms with Gasteiger partial charge >= 0.3 is 0 Å². The Bertz CT molecular complexity index is 1880. The topological polar surface area (TPSA) is 161 Å². The van der Waals surface area contributed by atoms with Gasteiger partial charge in [0.1, 0.15) is 17.9 Å². The Kier molecular flexibility index (Phi) is 13.5. The van der Waals surface area contributed by atoms with Gasteiger partial charge in [-0.25, -0.2) is 8.42 Å². The van der Waals surface area contributed by atoms with Crippen molar-refractivity contribution < 1.29 is 37.8 Å². The average molecular weight is 814 g/mol. The van der Waals surface area contributed by atoms with E-state index >= 15 is 0 Å². The lowest BCUT2D eigenvalue weighted by atomic mass is 9.45. The minimum absolute atomic E-state index is 0.00763. The van der Waals surface area contributed by atoms with Crippen LogP contribution in [0.25, 0.3) is 11.1 Å². The first-order valence-electron chi connectivity index (χ1n) is 20.2. The number of likely N-dealkylation sites (N-methyl/N-ethyl adjacent to an activating group) is 1. The molecule has 57 heavy (non-hydrogen) atoms.